The van der Waals surface area contributed by atoms with Crippen molar-refractivity contribution in [3.63, 3.8) is 0 Å². The van der Waals surface area contributed by atoms with Gasteiger partial charge in [0.05, 0.1) is 24.3 Å². The predicted molar refractivity (Wildman–Crippen MR) is 75.5 cm³/mol. The molecule has 0 bridgehead atoms. The summed E-state index contributed by atoms with van der Waals surface area (Å²) in [4.78, 5) is 33.9. The number of aromatic carboxylic acids is 1. The van der Waals surface area contributed by atoms with Crippen LogP contribution in [0.4, 0.5) is 0 Å². The van der Waals surface area contributed by atoms with E-state index in [0.29, 0.717) is 0 Å². The molecule has 0 fully saturated rings. The van der Waals surface area contributed by atoms with Crippen LogP contribution in [0.1, 0.15) is 27.1 Å². The molecule has 2 N–H and O–H groups in total. The number of esters is 2. The number of benzene rings is 1. The predicted octanol–water partition coefficient (Wildman–Crippen LogP) is 1.02. The zero-order valence-electron chi connectivity index (χ0n) is 11.7. The Bertz CT molecular complexity index is 565. The summed E-state index contributed by atoms with van der Waals surface area (Å²) in [6, 6.07) is 5.58. The fraction of sp³-hybridized carbons (Fsp3) is 0.267. The lowest BCUT2D eigenvalue weighted by Gasteiger charge is -2.16. The van der Waals surface area contributed by atoms with E-state index < -0.39 is 30.6 Å². The molecule has 1 aromatic carbocycles. The van der Waals surface area contributed by atoms with Crippen molar-refractivity contribution in [2.45, 2.75) is 12.5 Å². The molecule has 0 aromatic heterocycles. The molecule has 118 valence electrons. The third kappa shape index (κ3) is 5.02. The first-order valence-electron chi connectivity index (χ1n) is 6.43. The Hall–Kier alpha value is -2.67. The maximum absolute atomic E-state index is 12.0. The van der Waals surface area contributed by atoms with E-state index in [2.05, 4.69) is 6.58 Å². The lowest BCUT2D eigenvalue weighted by atomic mass is 10.1. The van der Waals surface area contributed by atoms with Crippen molar-refractivity contribution in [2.75, 3.05) is 13.2 Å². The van der Waals surface area contributed by atoms with Gasteiger partial charge in [-0.25, -0.2) is 14.4 Å². The van der Waals surface area contributed by atoms with Gasteiger partial charge in [0.1, 0.15) is 6.10 Å². The van der Waals surface area contributed by atoms with Gasteiger partial charge in [-0.1, -0.05) is 18.7 Å². The Kier molecular flexibility index (Phi) is 6.78. The lowest BCUT2D eigenvalue weighted by Crippen LogP contribution is -2.25. The Morgan fingerprint density at radius 2 is 1.86 bits per heavy atom. The Morgan fingerprint density at radius 1 is 1.23 bits per heavy atom. The minimum absolute atomic E-state index is 0.0655. The van der Waals surface area contributed by atoms with E-state index in [9.17, 15) is 14.4 Å². The van der Waals surface area contributed by atoms with Gasteiger partial charge in [0.15, 0.2) is 0 Å². The molecule has 7 heteroatoms. The van der Waals surface area contributed by atoms with Crippen molar-refractivity contribution < 1.29 is 34.1 Å². The number of hydrogen-bond donors (Lipinski definition) is 2. The van der Waals surface area contributed by atoms with Gasteiger partial charge < -0.3 is 19.7 Å². The fourth-order valence-corrected chi connectivity index (χ4v) is 1.60. The number of carbonyl (C=O) groups excluding carboxylic acids is 2. The highest BCUT2D eigenvalue weighted by Crippen LogP contribution is 2.12. The first-order chi connectivity index (χ1) is 10.5. The number of carboxylic acids is 1. The summed E-state index contributed by atoms with van der Waals surface area (Å²) in [7, 11) is 0. The van der Waals surface area contributed by atoms with Crippen LogP contribution in [-0.2, 0) is 14.3 Å². The molecule has 7 nitrogen and oxygen atoms in total. The maximum atomic E-state index is 12.0. The highest BCUT2D eigenvalue weighted by Gasteiger charge is 2.20. The van der Waals surface area contributed by atoms with E-state index in [1.165, 1.54) is 24.3 Å². The molecule has 1 unspecified atom stereocenters. The average Bonchev–Trinajstić information content (AvgIpc) is 2.53. The average molecular weight is 308 g/mol. The Balaban J connectivity index is 2.67. The van der Waals surface area contributed by atoms with Gasteiger partial charge in [-0.15, -0.1) is 0 Å². The SMILES string of the molecule is C=CC(=O)OCCC(CO)OC(=O)c1ccccc1C(=O)O. The first kappa shape index (κ1) is 17.4. The second-order valence-corrected chi connectivity index (χ2v) is 4.22. The second-order valence-electron chi connectivity index (χ2n) is 4.22. The van der Waals surface area contributed by atoms with E-state index in [1.54, 1.807) is 0 Å². The number of carbonyl (C=O) groups is 3. The van der Waals surface area contributed by atoms with Crippen LogP contribution in [0.2, 0.25) is 0 Å². The minimum atomic E-state index is -1.26. The summed E-state index contributed by atoms with van der Waals surface area (Å²) in [5, 5.41) is 18.2. The summed E-state index contributed by atoms with van der Waals surface area (Å²) < 4.78 is 9.74. The van der Waals surface area contributed by atoms with Gasteiger partial charge in [-0.2, -0.15) is 0 Å². The highest BCUT2D eigenvalue weighted by atomic mass is 16.6. The van der Waals surface area contributed by atoms with E-state index >= 15 is 0 Å². The van der Waals surface area contributed by atoms with Gasteiger partial charge in [0.2, 0.25) is 0 Å². The van der Waals surface area contributed by atoms with Gasteiger partial charge in [-0.3, -0.25) is 0 Å². The van der Waals surface area contributed by atoms with Crippen LogP contribution >= 0.6 is 0 Å². The molecule has 0 aliphatic heterocycles. The van der Waals surface area contributed by atoms with Crippen LogP contribution in [0.5, 0.6) is 0 Å². The monoisotopic (exact) mass is 308 g/mol. The molecule has 0 aliphatic carbocycles. The van der Waals surface area contributed by atoms with Crippen LogP contribution in [-0.4, -0.2) is 47.4 Å². The molecule has 0 saturated heterocycles. The van der Waals surface area contributed by atoms with Gasteiger partial charge in [0.25, 0.3) is 0 Å². The van der Waals surface area contributed by atoms with Crippen LogP contribution in [0.15, 0.2) is 36.9 Å². The quantitative estimate of drug-likeness (QED) is 0.545. The third-order valence-electron chi connectivity index (χ3n) is 2.71. The largest absolute Gasteiger partial charge is 0.478 e. The van der Waals surface area contributed by atoms with E-state index in [4.69, 9.17) is 19.7 Å². The van der Waals surface area contributed by atoms with Crippen molar-refractivity contribution in [3.8, 4) is 0 Å². The van der Waals surface area contributed by atoms with Gasteiger partial charge in [0, 0.05) is 12.5 Å². The van der Waals surface area contributed by atoms with Crippen LogP contribution < -0.4 is 0 Å². The molecule has 0 heterocycles. The van der Waals surface area contributed by atoms with Gasteiger partial charge in [-0.05, 0) is 12.1 Å². The molecule has 0 amide bonds. The summed E-state index contributed by atoms with van der Waals surface area (Å²) in [5.41, 5.74) is -0.307. The molecular weight excluding hydrogens is 292 g/mol. The lowest BCUT2D eigenvalue weighted by molar-refractivity contribution is -0.138. The highest BCUT2D eigenvalue weighted by molar-refractivity contribution is 6.02. The van der Waals surface area contributed by atoms with Crippen LogP contribution in [0.25, 0.3) is 0 Å². The topological polar surface area (TPSA) is 110 Å². The zero-order valence-corrected chi connectivity index (χ0v) is 11.7. The number of carboxylic acid groups (broad SMARTS) is 1. The molecule has 1 aromatic rings. The summed E-state index contributed by atoms with van der Waals surface area (Å²) in [6.45, 7) is 2.68. The number of hydrogen-bond acceptors (Lipinski definition) is 6. The van der Waals surface area contributed by atoms with Crippen molar-refractivity contribution in [2.24, 2.45) is 0 Å². The maximum Gasteiger partial charge on any atom is 0.339 e. The molecule has 22 heavy (non-hydrogen) atoms. The van der Waals surface area contributed by atoms with Crippen LogP contribution in [0.3, 0.4) is 0 Å². The summed E-state index contributed by atoms with van der Waals surface area (Å²) in [6.07, 6.45) is 0.159. The van der Waals surface area contributed by atoms with Crippen LogP contribution in [0, 0.1) is 0 Å². The second kappa shape index (κ2) is 8.58. The standard InChI is InChI=1S/C15H16O7/c1-2-13(17)21-8-7-10(9-16)22-15(20)12-6-4-3-5-11(12)14(18)19/h2-6,10,16H,1,7-9H2,(H,18,19). The van der Waals surface area contributed by atoms with Gasteiger partial charge >= 0.3 is 17.9 Å². The smallest absolute Gasteiger partial charge is 0.339 e. The number of aliphatic hydroxyl groups excluding tert-OH is 1. The van der Waals surface area contributed by atoms with Crippen molar-refractivity contribution in [1.29, 1.82) is 0 Å². The molecule has 1 atom stereocenters. The van der Waals surface area contributed by atoms with E-state index in [1.807, 2.05) is 0 Å². The molecule has 0 saturated carbocycles. The van der Waals surface area contributed by atoms with Crippen molar-refractivity contribution >= 4 is 17.9 Å². The molecule has 0 aliphatic rings. The van der Waals surface area contributed by atoms with Crippen molar-refractivity contribution in [3.05, 3.63) is 48.0 Å². The fourth-order valence-electron chi connectivity index (χ4n) is 1.60. The Labute approximate surface area is 126 Å². The Morgan fingerprint density at radius 3 is 2.41 bits per heavy atom. The molecular formula is C15H16O7. The first-order valence-corrected chi connectivity index (χ1v) is 6.43. The zero-order chi connectivity index (χ0) is 16.5. The molecule has 0 radical (unpaired) electrons. The van der Waals surface area contributed by atoms with E-state index in [0.717, 1.165) is 6.08 Å². The van der Waals surface area contributed by atoms with Crippen molar-refractivity contribution in [1.82, 2.24) is 0 Å². The molecule has 0 spiro atoms. The summed E-state index contributed by atoms with van der Waals surface area (Å²) in [5.74, 6) is -2.75. The third-order valence-corrected chi connectivity index (χ3v) is 2.71. The number of ether oxygens (including phenoxy) is 2. The van der Waals surface area contributed by atoms with E-state index in [-0.39, 0.29) is 24.2 Å². The number of aliphatic hydroxyl groups is 1. The molecule has 1 rings (SSSR count). The normalized spacial score (nSPS) is 11.3. The summed E-state index contributed by atoms with van der Waals surface area (Å²) >= 11 is 0. The minimum Gasteiger partial charge on any atom is -0.478 e. The number of rotatable bonds is 8.